The minimum Gasteiger partial charge on any atom is -0.359 e. The number of nitrogens with zero attached hydrogens (tertiary/aromatic N) is 1. The van der Waals surface area contributed by atoms with Gasteiger partial charge in [-0.15, -0.1) is 0 Å². The van der Waals surface area contributed by atoms with Crippen molar-refractivity contribution in [3.63, 3.8) is 0 Å². The molecule has 0 spiro atoms. The monoisotopic (exact) mass is 350 g/mol. The fourth-order valence-electron chi connectivity index (χ4n) is 2.73. The Morgan fingerprint density at radius 1 is 1.33 bits per heavy atom. The van der Waals surface area contributed by atoms with E-state index in [1.54, 1.807) is 14.1 Å². The topological polar surface area (TPSA) is 65.5 Å². The molecule has 132 valence electrons. The van der Waals surface area contributed by atoms with Crippen molar-refractivity contribution in [2.45, 2.75) is 32.1 Å². The van der Waals surface area contributed by atoms with Gasteiger partial charge in [0, 0.05) is 37.6 Å². The molecule has 0 saturated heterocycles. The number of hydrogen-bond acceptors (Lipinski definition) is 2. The molecule has 1 saturated carbocycles. The summed E-state index contributed by atoms with van der Waals surface area (Å²) in [6, 6.07) is 8.07. The molecule has 1 aliphatic rings. The van der Waals surface area contributed by atoms with Crippen LogP contribution in [0.15, 0.2) is 29.3 Å². The van der Waals surface area contributed by atoms with Gasteiger partial charge >= 0.3 is 0 Å². The molecule has 5 nitrogen and oxygen atoms in total. The smallest absolute Gasteiger partial charge is 0.227 e. The molecule has 6 heteroatoms. The normalized spacial score (nSPS) is 16.5. The fraction of sp³-hybridized carbons (Fsp3) is 0.556. The summed E-state index contributed by atoms with van der Waals surface area (Å²) < 4.78 is 0. The molecule has 0 aromatic heterocycles. The highest BCUT2D eigenvalue weighted by Crippen LogP contribution is 2.48. The van der Waals surface area contributed by atoms with E-state index in [-0.39, 0.29) is 11.3 Å². The van der Waals surface area contributed by atoms with Crippen LogP contribution in [-0.2, 0) is 10.2 Å². The number of amides is 1. The maximum absolute atomic E-state index is 11.9. The second-order valence-electron chi connectivity index (χ2n) is 7.03. The number of carbonyl (C=O) groups excluding carboxylic acids is 1. The second-order valence-corrected chi connectivity index (χ2v) is 7.47. The van der Waals surface area contributed by atoms with Crippen LogP contribution in [0.5, 0.6) is 0 Å². The van der Waals surface area contributed by atoms with E-state index in [1.165, 1.54) is 5.56 Å². The first-order chi connectivity index (χ1) is 11.3. The Hall–Kier alpha value is -1.75. The molecule has 0 atom stereocenters. The van der Waals surface area contributed by atoms with Gasteiger partial charge in [-0.2, -0.15) is 0 Å². The number of carbonyl (C=O) groups is 1. The van der Waals surface area contributed by atoms with Crippen LogP contribution in [0.1, 0.15) is 32.3 Å². The van der Waals surface area contributed by atoms with Crippen LogP contribution in [0.4, 0.5) is 0 Å². The van der Waals surface area contributed by atoms with E-state index in [0.29, 0.717) is 12.5 Å². The number of halogens is 1. The van der Waals surface area contributed by atoms with Gasteiger partial charge in [-0.3, -0.25) is 9.79 Å². The van der Waals surface area contributed by atoms with Gasteiger partial charge in [0.1, 0.15) is 0 Å². The molecular weight excluding hydrogens is 324 g/mol. The summed E-state index contributed by atoms with van der Waals surface area (Å²) in [5, 5.41) is 10.1. The van der Waals surface area contributed by atoms with E-state index >= 15 is 0 Å². The lowest BCUT2D eigenvalue weighted by molar-refractivity contribution is -0.128. The fourth-order valence-corrected chi connectivity index (χ4v) is 2.92. The summed E-state index contributed by atoms with van der Waals surface area (Å²) in [6.45, 7) is 5.12. The highest BCUT2D eigenvalue weighted by atomic mass is 35.5. The molecule has 0 unspecified atom stereocenters. The van der Waals surface area contributed by atoms with Gasteiger partial charge in [0.25, 0.3) is 0 Å². The Morgan fingerprint density at radius 2 is 2.04 bits per heavy atom. The molecule has 0 aliphatic heterocycles. The summed E-state index contributed by atoms with van der Waals surface area (Å²) in [7, 11) is 3.39. The van der Waals surface area contributed by atoms with E-state index < -0.39 is 5.41 Å². The molecular formula is C18H27ClN4O. The molecule has 1 fully saturated rings. The van der Waals surface area contributed by atoms with Gasteiger partial charge in [-0.05, 0) is 44.4 Å². The van der Waals surface area contributed by atoms with Crippen molar-refractivity contribution in [3.8, 4) is 0 Å². The van der Waals surface area contributed by atoms with Crippen LogP contribution in [-0.4, -0.2) is 39.1 Å². The largest absolute Gasteiger partial charge is 0.359 e. The van der Waals surface area contributed by atoms with Gasteiger partial charge in [0.05, 0.1) is 5.41 Å². The summed E-state index contributed by atoms with van der Waals surface area (Å²) in [5.41, 5.74) is 0.902. The predicted molar refractivity (Wildman–Crippen MR) is 99.6 cm³/mol. The minimum atomic E-state index is -0.503. The van der Waals surface area contributed by atoms with Crippen molar-refractivity contribution in [2.75, 3.05) is 27.2 Å². The van der Waals surface area contributed by atoms with Crippen LogP contribution in [0.3, 0.4) is 0 Å². The third kappa shape index (κ3) is 4.41. The Kier molecular flexibility index (Phi) is 5.75. The average Bonchev–Trinajstić information content (AvgIpc) is 3.35. The van der Waals surface area contributed by atoms with Crippen LogP contribution in [0, 0.1) is 5.41 Å². The number of rotatable bonds is 6. The molecule has 3 N–H and O–H groups in total. The molecule has 24 heavy (non-hydrogen) atoms. The van der Waals surface area contributed by atoms with Gasteiger partial charge in [0.2, 0.25) is 5.91 Å². The third-order valence-corrected chi connectivity index (χ3v) is 4.88. The first kappa shape index (κ1) is 18.6. The number of guanidine groups is 1. The predicted octanol–water partition coefficient (Wildman–Crippen LogP) is 2.31. The highest BCUT2D eigenvalue weighted by Gasteiger charge is 2.44. The quantitative estimate of drug-likeness (QED) is 0.545. The molecule has 1 aromatic rings. The lowest BCUT2D eigenvalue weighted by Crippen LogP contribution is -2.48. The van der Waals surface area contributed by atoms with Crippen molar-refractivity contribution >= 4 is 23.5 Å². The number of benzene rings is 1. The van der Waals surface area contributed by atoms with Crippen LogP contribution < -0.4 is 16.0 Å². The Bertz CT molecular complexity index is 623. The maximum atomic E-state index is 11.9. The average molecular weight is 351 g/mol. The number of nitrogens with one attached hydrogen (secondary N) is 3. The van der Waals surface area contributed by atoms with Crippen LogP contribution in [0.2, 0.25) is 5.02 Å². The Morgan fingerprint density at radius 3 is 2.58 bits per heavy atom. The van der Waals surface area contributed by atoms with Crippen molar-refractivity contribution in [1.29, 1.82) is 0 Å². The summed E-state index contributed by atoms with van der Waals surface area (Å²) >= 11 is 6.12. The molecule has 2 rings (SSSR count). The maximum Gasteiger partial charge on any atom is 0.227 e. The summed E-state index contributed by atoms with van der Waals surface area (Å²) in [4.78, 5) is 16.1. The zero-order valence-electron chi connectivity index (χ0n) is 14.9. The SMILES string of the molecule is CN=C(NCC(C)(C)C(=O)NC)NCC1(c2cccc(Cl)c2)CC1. The minimum absolute atomic E-state index is 0.00282. The lowest BCUT2D eigenvalue weighted by Gasteiger charge is -2.25. The molecule has 0 radical (unpaired) electrons. The zero-order valence-corrected chi connectivity index (χ0v) is 15.6. The number of hydrogen-bond donors (Lipinski definition) is 3. The van der Waals surface area contributed by atoms with Crippen LogP contribution in [0.25, 0.3) is 0 Å². The summed E-state index contributed by atoms with van der Waals surface area (Å²) in [5.74, 6) is 0.711. The molecule has 1 amide bonds. The standard InChI is InChI=1S/C18H27ClN4O/c1-17(2,15(24)20-3)11-22-16(21-4)23-12-18(8-9-18)13-6-5-7-14(19)10-13/h5-7,10H,8-9,11-12H2,1-4H3,(H,20,24)(H2,21,22,23). The van der Waals surface area contributed by atoms with Gasteiger partial charge in [0.15, 0.2) is 5.96 Å². The third-order valence-electron chi connectivity index (χ3n) is 4.65. The first-order valence-corrected chi connectivity index (χ1v) is 8.63. The lowest BCUT2D eigenvalue weighted by atomic mass is 9.92. The van der Waals surface area contributed by atoms with Crippen molar-refractivity contribution in [1.82, 2.24) is 16.0 Å². The van der Waals surface area contributed by atoms with Crippen molar-refractivity contribution in [2.24, 2.45) is 10.4 Å². The van der Waals surface area contributed by atoms with E-state index in [0.717, 1.165) is 24.4 Å². The Balaban J connectivity index is 1.92. The number of aliphatic imine (C=N–C) groups is 1. The molecule has 1 aromatic carbocycles. The Labute approximate surface area is 149 Å². The van der Waals surface area contributed by atoms with E-state index in [2.05, 4.69) is 27.0 Å². The molecule has 0 bridgehead atoms. The van der Waals surface area contributed by atoms with E-state index in [9.17, 15) is 4.79 Å². The van der Waals surface area contributed by atoms with E-state index in [1.807, 2.05) is 32.0 Å². The van der Waals surface area contributed by atoms with Crippen molar-refractivity contribution < 1.29 is 4.79 Å². The first-order valence-electron chi connectivity index (χ1n) is 8.26. The molecule has 0 heterocycles. The zero-order chi connectivity index (χ0) is 17.8. The van der Waals surface area contributed by atoms with Crippen LogP contribution >= 0.6 is 11.6 Å². The van der Waals surface area contributed by atoms with Crippen molar-refractivity contribution in [3.05, 3.63) is 34.9 Å². The van der Waals surface area contributed by atoms with Gasteiger partial charge in [-0.25, -0.2) is 0 Å². The van der Waals surface area contributed by atoms with E-state index in [4.69, 9.17) is 11.6 Å². The molecule has 1 aliphatic carbocycles. The second kappa shape index (κ2) is 7.43. The summed E-state index contributed by atoms with van der Waals surface area (Å²) in [6.07, 6.45) is 2.28. The van der Waals surface area contributed by atoms with Gasteiger partial charge in [-0.1, -0.05) is 23.7 Å². The highest BCUT2D eigenvalue weighted by molar-refractivity contribution is 6.30. The van der Waals surface area contributed by atoms with Gasteiger partial charge < -0.3 is 16.0 Å².